The van der Waals surface area contributed by atoms with Crippen LogP contribution in [-0.2, 0) is 6.54 Å². The van der Waals surface area contributed by atoms with Crippen molar-refractivity contribution < 1.29 is 9.47 Å². The zero-order valence-corrected chi connectivity index (χ0v) is 12.6. The molecule has 0 unspecified atom stereocenters. The Hall–Kier alpha value is -1.87. The maximum atomic E-state index is 6.02. The van der Waals surface area contributed by atoms with E-state index in [-0.39, 0.29) is 0 Å². The van der Waals surface area contributed by atoms with Gasteiger partial charge in [-0.15, -0.1) is 0 Å². The molecule has 0 radical (unpaired) electrons. The SMILES string of the molecule is COc1cccc(CNc2cc(Cl)ccc2C)c1OC. The molecule has 1 N–H and O–H groups in total. The van der Waals surface area contributed by atoms with Crippen molar-refractivity contribution in [1.29, 1.82) is 0 Å². The van der Waals surface area contributed by atoms with Crippen LogP contribution in [0.15, 0.2) is 36.4 Å². The third-order valence-corrected chi connectivity index (χ3v) is 3.39. The third kappa shape index (κ3) is 3.17. The number of anilines is 1. The lowest BCUT2D eigenvalue weighted by Crippen LogP contribution is -2.04. The van der Waals surface area contributed by atoms with Crippen molar-refractivity contribution in [2.45, 2.75) is 13.5 Å². The molecule has 3 nitrogen and oxygen atoms in total. The van der Waals surface area contributed by atoms with Gasteiger partial charge in [0.15, 0.2) is 11.5 Å². The first-order valence-corrected chi connectivity index (χ1v) is 6.73. The molecule has 0 bridgehead atoms. The first kappa shape index (κ1) is 14.5. The van der Waals surface area contributed by atoms with E-state index < -0.39 is 0 Å². The molecule has 20 heavy (non-hydrogen) atoms. The zero-order chi connectivity index (χ0) is 14.5. The first-order chi connectivity index (χ1) is 9.65. The number of halogens is 1. The summed E-state index contributed by atoms with van der Waals surface area (Å²) >= 11 is 6.02. The summed E-state index contributed by atoms with van der Waals surface area (Å²) in [5.41, 5.74) is 3.20. The van der Waals surface area contributed by atoms with E-state index in [0.717, 1.165) is 33.3 Å². The Labute approximate surface area is 124 Å². The number of methoxy groups -OCH3 is 2. The number of nitrogens with one attached hydrogen (secondary N) is 1. The Balaban J connectivity index is 2.20. The van der Waals surface area contributed by atoms with Gasteiger partial charge in [-0.1, -0.05) is 29.8 Å². The topological polar surface area (TPSA) is 30.5 Å². The minimum atomic E-state index is 0.640. The number of hydrogen-bond donors (Lipinski definition) is 1. The smallest absolute Gasteiger partial charge is 0.165 e. The molecule has 2 aromatic carbocycles. The quantitative estimate of drug-likeness (QED) is 0.892. The molecule has 0 heterocycles. The number of ether oxygens (including phenoxy) is 2. The third-order valence-electron chi connectivity index (χ3n) is 3.15. The molecule has 0 amide bonds. The van der Waals surface area contributed by atoms with Crippen LogP contribution in [-0.4, -0.2) is 14.2 Å². The molecule has 0 atom stereocenters. The van der Waals surface area contributed by atoms with Gasteiger partial charge in [0.2, 0.25) is 0 Å². The van der Waals surface area contributed by atoms with Crippen LogP contribution in [0.4, 0.5) is 5.69 Å². The summed E-state index contributed by atoms with van der Waals surface area (Å²) in [6, 6.07) is 11.6. The van der Waals surface area contributed by atoms with E-state index in [0.29, 0.717) is 6.54 Å². The van der Waals surface area contributed by atoms with Crippen LogP contribution in [0.25, 0.3) is 0 Å². The average Bonchev–Trinajstić information content (AvgIpc) is 2.47. The normalized spacial score (nSPS) is 10.2. The van der Waals surface area contributed by atoms with E-state index in [1.165, 1.54) is 0 Å². The van der Waals surface area contributed by atoms with Crippen molar-refractivity contribution in [3.05, 3.63) is 52.5 Å². The summed E-state index contributed by atoms with van der Waals surface area (Å²) in [6.07, 6.45) is 0. The van der Waals surface area contributed by atoms with Gasteiger partial charge >= 0.3 is 0 Å². The molecule has 0 aromatic heterocycles. The van der Waals surface area contributed by atoms with Gasteiger partial charge in [-0.2, -0.15) is 0 Å². The summed E-state index contributed by atoms with van der Waals surface area (Å²) in [5.74, 6) is 1.48. The fourth-order valence-electron chi connectivity index (χ4n) is 2.07. The predicted octanol–water partition coefficient (Wildman–Crippen LogP) is 4.28. The highest BCUT2D eigenvalue weighted by molar-refractivity contribution is 6.30. The molecule has 0 aliphatic heterocycles. The Morgan fingerprint density at radius 2 is 1.90 bits per heavy atom. The molecule has 2 aromatic rings. The van der Waals surface area contributed by atoms with E-state index in [4.69, 9.17) is 21.1 Å². The van der Waals surface area contributed by atoms with Crippen LogP contribution in [0.1, 0.15) is 11.1 Å². The van der Waals surface area contributed by atoms with Crippen LogP contribution in [0, 0.1) is 6.92 Å². The molecule has 0 fully saturated rings. The fourth-order valence-corrected chi connectivity index (χ4v) is 2.24. The maximum Gasteiger partial charge on any atom is 0.165 e. The van der Waals surface area contributed by atoms with Crippen molar-refractivity contribution >= 4 is 17.3 Å². The summed E-state index contributed by atoms with van der Waals surface area (Å²) in [6.45, 7) is 2.68. The molecule has 106 valence electrons. The van der Waals surface area contributed by atoms with Crippen LogP contribution in [0.2, 0.25) is 5.02 Å². The lowest BCUT2D eigenvalue weighted by atomic mass is 10.1. The van der Waals surface area contributed by atoms with Crippen molar-refractivity contribution in [1.82, 2.24) is 0 Å². The monoisotopic (exact) mass is 291 g/mol. The molecule has 0 spiro atoms. The van der Waals surface area contributed by atoms with Gasteiger partial charge in [0.25, 0.3) is 0 Å². The second-order valence-corrected chi connectivity index (χ2v) is 4.90. The Morgan fingerprint density at radius 1 is 1.10 bits per heavy atom. The first-order valence-electron chi connectivity index (χ1n) is 6.35. The van der Waals surface area contributed by atoms with Crippen molar-refractivity contribution in [2.24, 2.45) is 0 Å². The number of benzene rings is 2. The summed E-state index contributed by atoms with van der Waals surface area (Å²) in [7, 11) is 3.28. The highest BCUT2D eigenvalue weighted by atomic mass is 35.5. The van der Waals surface area contributed by atoms with Crippen LogP contribution < -0.4 is 14.8 Å². The lowest BCUT2D eigenvalue weighted by molar-refractivity contribution is 0.352. The number of aryl methyl sites for hydroxylation is 1. The minimum Gasteiger partial charge on any atom is -0.493 e. The molecule has 0 saturated carbocycles. The van der Waals surface area contributed by atoms with Gasteiger partial charge in [0, 0.05) is 22.8 Å². The van der Waals surface area contributed by atoms with Gasteiger partial charge in [-0.05, 0) is 30.7 Å². The van der Waals surface area contributed by atoms with Crippen LogP contribution in [0.5, 0.6) is 11.5 Å². The second-order valence-electron chi connectivity index (χ2n) is 4.47. The van der Waals surface area contributed by atoms with Gasteiger partial charge in [-0.3, -0.25) is 0 Å². The highest BCUT2D eigenvalue weighted by Gasteiger charge is 2.09. The van der Waals surface area contributed by atoms with Gasteiger partial charge < -0.3 is 14.8 Å². The standard InChI is InChI=1S/C16H18ClNO2/c1-11-7-8-13(17)9-14(11)18-10-12-5-4-6-15(19-2)16(12)20-3/h4-9,18H,10H2,1-3H3. The van der Waals surface area contributed by atoms with Crippen molar-refractivity contribution in [2.75, 3.05) is 19.5 Å². The van der Waals surface area contributed by atoms with E-state index in [9.17, 15) is 0 Å². The summed E-state index contributed by atoms with van der Waals surface area (Å²) in [5, 5.41) is 4.09. The second kappa shape index (κ2) is 6.53. The molecule has 4 heteroatoms. The molecular weight excluding hydrogens is 274 g/mol. The average molecular weight is 292 g/mol. The largest absolute Gasteiger partial charge is 0.493 e. The zero-order valence-electron chi connectivity index (χ0n) is 11.9. The number of rotatable bonds is 5. The van der Waals surface area contributed by atoms with Crippen LogP contribution >= 0.6 is 11.6 Å². The molecule has 0 aliphatic rings. The lowest BCUT2D eigenvalue weighted by Gasteiger charge is -2.14. The summed E-state index contributed by atoms with van der Waals surface area (Å²) in [4.78, 5) is 0. The van der Waals surface area contributed by atoms with Crippen LogP contribution in [0.3, 0.4) is 0 Å². The van der Waals surface area contributed by atoms with E-state index in [1.54, 1.807) is 14.2 Å². The van der Waals surface area contributed by atoms with Crippen molar-refractivity contribution in [3.8, 4) is 11.5 Å². The maximum absolute atomic E-state index is 6.02. The van der Waals surface area contributed by atoms with Gasteiger partial charge in [-0.25, -0.2) is 0 Å². The fraction of sp³-hybridized carbons (Fsp3) is 0.250. The van der Waals surface area contributed by atoms with Gasteiger partial charge in [0.05, 0.1) is 14.2 Å². The van der Waals surface area contributed by atoms with Gasteiger partial charge in [0.1, 0.15) is 0 Å². The number of para-hydroxylation sites is 1. The molecular formula is C16H18ClNO2. The molecule has 0 saturated heterocycles. The Bertz CT molecular complexity index is 599. The summed E-state index contributed by atoms with van der Waals surface area (Å²) < 4.78 is 10.7. The highest BCUT2D eigenvalue weighted by Crippen LogP contribution is 2.31. The minimum absolute atomic E-state index is 0.640. The predicted molar refractivity (Wildman–Crippen MR) is 83.1 cm³/mol. The van der Waals surface area contributed by atoms with Crippen molar-refractivity contribution in [3.63, 3.8) is 0 Å². The van der Waals surface area contributed by atoms with E-state index in [1.807, 2.05) is 43.3 Å². The Morgan fingerprint density at radius 3 is 2.60 bits per heavy atom. The van der Waals surface area contributed by atoms with E-state index >= 15 is 0 Å². The number of hydrogen-bond acceptors (Lipinski definition) is 3. The molecule has 0 aliphatic carbocycles. The molecule has 2 rings (SSSR count). The Kier molecular flexibility index (Phi) is 4.74. The van der Waals surface area contributed by atoms with E-state index in [2.05, 4.69) is 5.32 Å².